The molecule has 3 aliphatic heterocycles. The van der Waals surface area contributed by atoms with Gasteiger partial charge in [0.05, 0.1) is 10.5 Å². The molecule has 0 aliphatic carbocycles. The smallest absolute Gasteiger partial charge is 0.257 e. The molecule has 2 unspecified atom stereocenters. The molecule has 2 aromatic rings. The van der Waals surface area contributed by atoms with Crippen LogP contribution in [0.5, 0.6) is 0 Å². The number of likely N-dealkylation sites (tertiary alicyclic amines) is 1. The molecule has 3 aliphatic rings. The molecule has 0 bridgehead atoms. The molecule has 1 N–H and O–H groups in total. The van der Waals surface area contributed by atoms with Crippen molar-refractivity contribution < 1.29 is 18.0 Å². The van der Waals surface area contributed by atoms with Crippen LogP contribution in [0.3, 0.4) is 0 Å². The zero-order valence-electron chi connectivity index (χ0n) is 24.1. The van der Waals surface area contributed by atoms with Crippen LogP contribution in [-0.4, -0.2) is 73.1 Å². The molecule has 8 nitrogen and oxygen atoms in total. The minimum absolute atomic E-state index is 0.0110. The van der Waals surface area contributed by atoms with Gasteiger partial charge in [-0.3, -0.25) is 14.5 Å². The zero-order valence-corrected chi connectivity index (χ0v) is 25.7. The molecule has 4 heterocycles. The van der Waals surface area contributed by atoms with E-state index < -0.39 is 10.0 Å². The number of rotatable bonds is 6. The van der Waals surface area contributed by atoms with Gasteiger partial charge in [0.2, 0.25) is 10.0 Å². The Morgan fingerprint density at radius 3 is 2.25 bits per heavy atom. The first-order valence-electron chi connectivity index (χ1n) is 14.6. The number of nitrogens with zero attached hydrogens (tertiary/aromatic N) is 3. The monoisotopic (exact) mass is 586 g/mol. The summed E-state index contributed by atoms with van der Waals surface area (Å²) >= 11 is 1.50. The highest BCUT2D eigenvalue weighted by molar-refractivity contribution is 7.89. The molecule has 218 valence electrons. The summed E-state index contributed by atoms with van der Waals surface area (Å²) < 4.78 is 28.1. The van der Waals surface area contributed by atoms with Crippen LogP contribution < -0.4 is 5.32 Å². The van der Waals surface area contributed by atoms with Crippen molar-refractivity contribution in [3.63, 3.8) is 0 Å². The van der Waals surface area contributed by atoms with Crippen molar-refractivity contribution in [2.24, 2.45) is 11.8 Å². The molecule has 5 rings (SSSR count). The zero-order chi connectivity index (χ0) is 28.6. The highest BCUT2D eigenvalue weighted by Crippen LogP contribution is 2.39. The highest BCUT2D eigenvalue weighted by Gasteiger charge is 2.33. The molecule has 0 spiro atoms. The number of fused-ring (bicyclic) bond motifs is 1. The average molecular weight is 587 g/mol. The molecule has 40 heavy (non-hydrogen) atoms. The van der Waals surface area contributed by atoms with Crippen molar-refractivity contribution in [1.82, 2.24) is 14.1 Å². The summed E-state index contributed by atoms with van der Waals surface area (Å²) in [6.07, 6.45) is 4.96. The van der Waals surface area contributed by atoms with Gasteiger partial charge < -0.3 is 10.2 Å². The van der Waals surface area contributed by atoms with Crippen molar-refractivity contribution >= 4 is 38.2 Å². The van der Waals surface area contributed by atoms with Gasteiger partial charge in [-0.25, -0.2) is 8.42 Å². The Bertz CT molecular complexity index is 1340. The van der Waals surface area contributed by atoms with Gasteiger partial charge in [-0.2, -0.15) is 4.31 Å². The lowest BCUT2D eigenvalue weighted by atomic mass is 9.94. The number of amides is 2. The van der Waals surface area contributed by atoms with Gasteiger partial charge in [0, 0.05) is 55.8 Å². The molecular weight excluding hydrogens is 544 g/mol. The molecule has 10 heteroatoms. The summed E-state index contributed by atoms with van der Waals surface area (Å²) in [5.74, 6) is 0.303. The van der Waals surface area contributed by atoms with Crippen molar-refractivity contribution in [2.75, 3.05) is 38.0 Å². The molecule has 2 saturated heterocycles. The van der Waals surface area contributed by atoms with Crippen LogP contribution >= 0.6 is 11.3 Å². The van der Waals surface area contributed by atoms with E-state index in [2.05, 4.69) is 37.9 Å². The summed E-state index contributed by atoms with van der Waals surface area (Å²) in [4.78, 5) is 32.8. The number of hydrogen-bond acceptors (Lipinski definition) is 6. The Morgan fingerprint density at radius 1 is 0.975 bits per heavy atom. The van der Waals surface area contributed by atoms with Crippen molar-refractivity contribution in [3.05, 3.63) is 45.8 Å². The van der Waals surface area contributed by atoms with Crippen LogP contribution in [0.1, 0.15) is 84.5 Å². The summed E-state index contributed by atoms with van der Waals surface area (Å²) in [7, 11) is -3.63. The van der Waals surface area contributed by atoms with Gasteiger partial charge in [-0.05, 0) is 87.6 Å². The van der Waals surface area contributed by atoms with Crippen molar-refractivity contribution in [2.45, 2.75) is 77.3 Å². The van der Waals surface area contributed by atoms with Crippen LogP contribution in [0.15, 0.2) is 29.2 Å². The van der Waals surface area contributed by atoms with Crippen LogP contribution in [0.25, 0.3) is 0 Å². The van der Waals surface area contributed by atoms with E-state index in [1.807, 2.05) is 4.90 Å². The highest BCUT2D eigenvalue weighted by atomic mass is 32.2. The van der Waals surface area contributed by atoms with Crippen molar-refractivity contribution in [3.8, 4) is 0 Å². The lowest BCUT2D eigenvalue weighted by molar-refractivity contribution is 0.0723. The lowest BCUT2D eigenvalue weighted by Gasteiger charge is -2.34. The summed E-state index contributed by atoms with van der Waals surface area (Å²) in [5, 5.41) is 3.64. The number of nitrogens with one attached hydrogen (secondary N) is 1. The molecule has 2 atom stereocenters. The number of benzene rings is 1. The van der Waals surface area contributed by atoms with Gasteiger partial charge in [0.25, 0.3) is 11.8 Å². The Labute approximate surface area is 242 Å². The van der Waals surface area contributed by atoms with E-state index in [9.17, 15) is 18.0 Å². The maximum Gasteiger partial charge on any atom is 0.257 e. The maximum absolute atomic E-state index is 13.7. The predicted octanol–water partition coefficient (Wildman–Crippen LogP) is 5.06. The fourth-order valence-electron chi connectivity index (χ4n) is 6.34. The number of hydrogen-bond donors (Lipinski definition) is 1. The van der Waals surface area contributed by atoms with E-state index in [0.717, 1.165) is 68.7 Å². The molecular formula is C30H42N4O4S2. The number of anilines is 1. The fraction of sp³-hybridized carbons (Fsp3) is 0.600. The van der Waals surface area contributed by atoms with E-state index in [4.69, 9.17) is 0 Å². The van der Waals surface area contributed by atoms with E-state index in [1.165, 1.54) is 23.5 Å². The van der Waals surface area contributed by atoms with Crippen LogP contribution in [0.4, 0.5) is 5.00 Å². The molecule has 2 fully saturated rings. The maximum atomic E-state index is 13.7. The topological polar surface area (TPSA) is 90.0 Å². The first-order chi connectivity index (χ1) is 19.0. The Balaban J connectivity index is 1.38. The van der Waals surface area contributed by atoms with Gasteiger partial charge in [-0.1, -0.05) is 13.8 Å². The molecule has 1 aromatic heterocycles. The minimum Gasteiger partial charge on any atom is -0.339 e. The summed E-state index contributed by atoms with van der Waals surface area (Å²) in [6, 6.07) is 6.58. The predicted molar refractivity (Wildman–Crippen MR) is 159 cm³/mol. The largest absolute Gasteiger partial charge is 0.339 e. The SMILES string of the molecule is CC1CC(C)CN(S(=O)(=O)c2ccc(C(=O)Nc3sc4c(c3C(=O)N3CCCCC3)CCN(C(C)C)C4)cc2)C1. The van der Waals surface area contributed by atoms with Gasteiger partial charge >= 0.3 is 0 Å². The Kier molecular flexibility index (Phi) is 8.71. The standard InChI is InChI=1S/C30H42N4O4S2/c1-20(2)33-15-12-25-26(19-33)39-29(27(25)30(36)32-13-6-5-7-14-32)31-28(35)23-8-10-24(11-9-23)40(37,38)34-17-21(3)16-22(4)18-34/h8-11,20-22H,5-7,12-19H2,1-4H3,(H,31,35). The van der Waals surface area contributed by atoms with E-state index >= 15 is 0 Å². The molecule has 1 aromatic carbocycles. The van der Waals surface area contributed by atoms with Gasteiger partial charge in [0.15, 0.2) is 0 Å². The second-order valence-corrected chi connectivity index (χ2v) is 15.2. The van der Waals surface area contributed by atoms with Crippen LogP contribution in [0.2, 0.25) is 0 Å². The minimum atomic E-state index is -3.63. The normalized spacial score (nSPS) is 22.8. The fourth-order valence-corrected chi connectivity index (χ4v) is 9.28. The summed E-state index contributed by atoms with van der Waals surface area (Å²) in [6.45, 7) is 12.7. The van der Waals surface area contributed by atoms with E-state index in [-0.39, 0.29) is 16.7 Å². The van der Waals surface area contributed by atoms with Crippen molar-refractivity contribution in [1.29, 1.82) is 0 Å². The third-order valence-corrected chi connectivity index (χ3v) is 11.5. The van der Waals surface area contributed by atoms with E-state index in [1.54, 1.807) is 16.4 Å². The quantitative estimate of drug-likeness (QED) is 0.511. The first kappa shape index (κ1) is 29.2. The summed E-state index contributed by atoms with van der Waals surface area (Å²) in [5.41, 5.74) is 2.08. The second kappa shape index (κ2) is 11.9. The van der Waals surface area contributed by atoms with Gasteiger partial charge in [-0.15, -0.1) is 11.3 Å². The Hall–Kier alpha value is -2.27. The number of carbonyl (C=O) groups excluding carboxylic acids is 2. The number of carbonyl (C=O) groups is 2. The lowest BCUT2D eigenvalue weighted by Crippen LogP contribution is -2.42. The van der Waals surface area contributed by atoms with Crippen LogP contribution in [-0.2, 0) is 23.0 Å². The van der Waals surface area contributed by atoms with Crippen LogP contribution in [0, 0.1) is 11.8 Å². The number of thiophene rings is 1. The number of piperidine rings is 2. The molecule has 0 radical (unpaired) electrons. The third kappa shape index (κ3) is 6.00. The van der Waals surface area contributed by atoms with E-state index in [0.29, 0.717) is 47.1 Å². The second-order valence-electron chi connectivity index (χ2n) is 12.1. The Morgan fingerprint density at radius 2 is 1.62 bits per heavy atom. The molecule has 2 amide bonds. The third-order valence-electron chi connectivity index (χ3n) is 8.49. The number of sulfonamides is 1. The first-order valence-corrected chi connectivity index (χ1v) is 16.9. The average Bonchev–Trinajstić information content (AvgIpc) is 3.29. The van der Waals surface area contributed by atoms with Gasteiger partial charge in [0.1, 0.15) is 5.00 Å². The molecule has 0 saturated carbocycles.